The Morgan fingerprint density at radius 3 is 2.21 bits per heavy atom. The van der Waals surface area contributed by atoms with Gasteiger partial charge in [-0.25, -0.2) is 4.98 Å². The third kappa shape index (κ3) is 13.7. The lowest BCUT2D eigenvalue weighted by atomic mass is 9.85. The van der Waals surface area contributed by atoms with E-state index in [1.165, 1.54) is 11.0 Å². The Balaban J connectivity index is 0.836. The Bertz CT molecular complexity index is 2600. The predicted octanol–water partition coefficient (Wildman–Crippen LogP) is 6.94. The summed E-state index contributed by atoms with van der Waals surface area (Å²) >= 11 is 7.17. The van der Waals surface area contributed by atoms with Gasteiger partial charge in [-0.1, -0.05) is 45.0 Å². The number of nitriles is 1. The summed E-state index contributed by atoms with van der Waals surface area (Å²) in [5, 5.41) is 25.4. The molecular formula is C51H60F3N7O9S2. The Labute approximate surface area is 426 Å². The van der Waals surface area contributed by atoms with Crippen LogP contribution in [0.3, 0.4) is 0 Å². The van der Waals surface area contributed by atoms with Crippen LogP contribution in [-0.4, -0.2) is 120 Å². The number of thiazole rings is 1. The minimum absolute atomic E-state index is 0.00824. The van der Waals surface area contributed by atoms with Gasteiger partial charge in [0.15, 0.2) is 5.11 Å². The van der Waals surface area contributed by atoms with Crippen molar-refractivity contribution in [3.8, 4) is 22.3 Å². The summed E-state index contributed by atoms with van der Waals surface area (Å²) in [6.07, 6.45) is -4.40. The molecular weight excluding hydrogens is 976 g/mol. The topological polar surface area (TPSA) is 196 Å². The van der Waals surface area contributed by atoms with E-state index in [-0.39, 0.29) is 50.1 Å². The minimum Gasteiger partial charge on any atom is -0.494 e. The van der Waals surface area contributed by atoms with Gasteiger partial charge >= 0.3 is 6.18 Å². The number of carbonyl (C=O) groups excluding carboxylic acids is 4. The fourth-order valence-electron chi connectivity index (χ4n) is 8.23. The molecule has 21 heteroatoms. The normalized spacial score (nSPS) is 17.3. The highest BCUT2D eigenvalue weighted by Crippen LogP contribution is 2.40. The van der Waals surface area contributed by atoms with Crippen molar-refractivity contribution < 1.29 is 56.4 Å². The average Bonchev–Trinajstić information content (AvgIpc) is 4.00. The van der Waals surface area contributed by atoms with E-state index in [1.54, 1.807) is 65.9 Å². The highest BCUT2D eigenvalue weighted by molar-refractivity contribution is 7.81. The van der Waals surface area contributed by atoms with E-state index in [4.69, 9.17) is 31.2 Å². The van der Waals surface area contributed by atoms with E-state index in [2.05, 4.69) is 15.6 Å². The van der Waals surface area contributed by atoms with Crippen molar-refractivity contribution in [3.63, 3.8) is 0 Å². The first-order valence-corrected chi connectivity index (χ1v) is 24.7. The van der Waals surface area contributed by atoms with E-state index < -0.39 is 70.1 Å². The molecule has 16 nitrogen and oxygen atoms in total. The fraction of sp³-hybridized carbons (Fsp3) is 0.471. The summed E-state index contributed by atoms with van der Waals surface area (Å²) in [5.41, 5.74) is 1.44. The molecule has 3 aromatic carbocycles. The van der Waals surface area contributed by atoms with Gasteiger partial charge in [-0.3, -0.25) is 24.1 Å². The molecule has 4 aromatic rings. The Hall–Kier alpha value is -6.02. The van der Waals surface area contributed by atoms with Crippen molar-refractivity contribution >= 4 is 63.7 Å². The number of thiocarbonyl (C=S) groups is 1. The van der Waals surface area contributed by atoms with Gasteiger partial charge < -0.3 is 44.5 Å². The number of carbonyl (C=O) groups is 4. The minimum atomic E-state index is -4.80. The number of likely N-dealkylation sites (tertiary alicyclic amines) is 1. The number of nitrogens with zero attached hydrogens (tertiary/aromatic N) is 5. The first kappa shape index (κ1) is 55.3. The van der Waals surface area contributed by atoms with Crippen LogP contribution in [0, 0.1) is 23.7 Å². The van der Waals surface area contributed by atoms with Crippen LogP contribution in [0.5, 0.6) is 5.75 Å². The molecule has 0 saturated carbocycles. The third-order valence-corrected chi connectivity index (χ3v) is 13.4. The van der Waals surface area contributed by atoms with Crippen LogP contribution < -0.4 is 25.2 Å². The quantitative estimate of drug-likeness (QED) is 0.0542. The van der Waals surface area contributed by atoms with Crippen molar-refractivity contribution in [3.05, 3.63) is 94.6 Å². The molecule has 2 aliphatic heterocycles. The average molecular weight is 1040 g/mol. The number of rotatable bonds is 22. The summed E-state index contributed by atoms with van der Waals surface area (Å²) in [6, 6.07) is 17.3. The number of anilines is 2. The lowest BCUT2D eigenvalue weighted by Crippen LogP contribution is -2.58. The van der Waals surface area contributed by atoms with E-state index in [9.17, 15) is 42.7 Å². The molecule has 3 atom stereocenters. The second-order valence-electron chi connectivity index (χ2n) is 18.9. The summed E-state index contributed by atoms with van der Waals surface area (Å²) in [5.74, 6) is -1.34. The first-order chi connectivity index (χ1) is 34.1. The molecule has 0 bridgehead atoms. The number of nitrogens with one attached hydrogen (secondary N) is 2. The Morgan fingerprint density at radius 2 is 1.58 bits per heavy atom. The number of hydrogen-bond acceptors (Lipinski definition) is 13. The van der Waals surface area contributed by atoms with Gasteiger partial charge in [0.2, 0.25) is 17.7 Å². The van der Waals surface area contributed by atoms with E-state index in [0.717, 1.165) is 38.7 Å². The van der Waals surface area contributed by atoms with Crippen LogP contribution in [0.15, 0.2) is 72.2 Å². The lowest BCUT2D eigenvalue weighted by molar-refractivity contribution is -0.144. The van der Waals surface area contributed by atoms with E-state index >= 15 is 0 Å². The Kier molecular flexibility index (Phi) is 18.5. The molecule has 0 aliphatic carbocycles. The maximum atomic E-state index is 13.9. The fourth-order valence-corrected chi connectivity index (χ4v) is 9.57. The van der Waals surface area contributed by atoms with Crippen molar-refractivity contribution in [1.82, 2.24) is 20.5 Å². The third-order valence-electron chi connectivity index (χ3n) is 12.0. The van der Waals surface area contributed by atoms with Crippen molar-refractivity contribution in [1.29, 1.82) is 5.26 Å². The van der Waals surface area contributed by atoms with E-state index in [0.29, 0.717) is 50.7 Å². The van der Waals surface area contributed by atoms with Gasteiger partial charge in [-0.2, -0.15) is 18.4 Å². The number of halogens is 3. The van der Waals surface area contributed by atoms with Crippen molar-refractivity contribution in [2.45, 2.75) is 97.3 Å². The number of aliphatic hydroxyl groups is 1. The van der Waals surface area contributed by atoms with Crippen LogP contribution in [0.25, 0.3) is 10.4 Å². The number of benzene rings is 3. The van der Waals surface area contributed by atoms with Gasteiger partial charge in [-0.05, 0) is 98.4 Å². The number of aryl methyl sites for hydroxylation is 1. The van der Waals surface area contributed by atoms with Crippen LogP contribution >= 0.6 is 23.6 Å². The molecule has 6 rings (SSSR count). The summed E-state index contributed by atoms with van der Waals surface area (Å²) in [7, 11) is 0. The highest BCUT2D eigenvalue weighted by atomic mass is 32.1. The Morgan fingerprint density at radius 1 is 0.944 bits per heavy atom. The summed E-state index contributed by atoms with van der Waals surface area (Å²) in [4.78, 5) is 63.2. The lowest BCUT2D eigenvalue weighted by Gasteiger charge is -2.35. The number of aromatic nitrogens is 1. The number of ether oxygens (including phenoxy) is 4. The molecule has 0 radical (unpaired) electrons. The zero-order chi connectivity index (χ0) is 52.4. The van der Waals surface area contributed by atoms with Crippen LogP contribution in [0.2, 0.25) is 0 Å². The maximum absolute atomic E-state index is 13.9. The molecule has 2 fully saturated rings. The zero-order valence-electron chi connectivity index (χ0n) is 41.0. The van der Waals surface area contributed by atoms with Gasteiger partial charge in [0.25, 0.3) is 5.91 Å². The monoisotopic (exact) mass is 1040 g/mol. The number of aliphatic hydroxyl groups excluding tert-OH is 1. The number of β-amino-alcohol motifs (C(OH)–C–C–N with tert-alkyl or cyclic N) is 1. The smallest absolute Gasteiger partial charge is 0.417 e. The summed E-state index contributed by atoms with van der Waals surface area (Å²) in [6.45, 7) is 12.5. The van der Waals surface area contributed by atoms with Crippen molar-refractivity contribution in [2.75, 3.05) is 62.6 Å². The van der Waals surface area contributed by atoms with Gasteiger partial charge in [-0.15, -0.1) is 11.3 Å². The summed E-state index contributed by atoms with van der Waals surface area (Å²) < 4.78 is 63.8. The predicted molar refractivity (Wildman–Crippen MR) is 268 cm³/mol. The van der Waals surface area contributed by atoms with Gasteiger partial charge in [0, 0.05) is 51.4 Å². The molecule has 2 saturated heterocycles. The number of amides is 4. The maximum Gasteiger partial charge on any atom is 0.417 e. The molecule has 3 N–H and O–H groups in total. The highest BCUT2D eigenvalue weighted by Gasteiger charge is 2.51. The van der Waals surface area contributed by atoms with Gasteiger partial charge in [0.05, 0.1) is 64.9 Å². The SMILES string of the molecule is Cc1ncsc1-c1ccc(CNC(=O)[C@@H]2C[C@@H](O)CN2C(=O)[C@@H](NC(=O)COCCOCCCOCCCOc2ccc(N3C(=S)N(c4ccc(C#N)c(C(F)(F)F)c4)C(=O)C3(C)C)cc2)C(C)(C)C)cc1. The second-order valence-corrected chi connectivity index (χ2v) is 20.1. The van der Waals surface area contributed by atoms with Crippen LogP contribution in [-0.2, 0) is 46.1 Å². The molecule has 2 aliphatic rings. The zero-order valence-corrected chi connectivity index (χ0v) is 42.7. The molecule has 4 amide bonds. The number of hydrogen-bond donors (Lipinski definition) is 3. The van der Waals surface area contributed by atoms with Crippen molar-refractivity contribution in [2.24, 2.45) is 5.41 Å². The number of alkyl halides is 3. The molecule has 3 heterocycles. The standard InChI is InChI=1S/C51H60F3N7O9S2/c1-32-43(72-31-57-32)34-11-9-33(10-12-34)28-56-45(64)41-26-38(62)29-59(41)46(65)44(49(2,3)4)58-42(63)30-69-24-23-68-20-7-19-67-21-8-22-70-39-17-15-36(16-18-39)61-48(71)60(47(66)50(61,5)6)37-14-13-35(27-55)40(25-37)51(52,53)54/h9-18,25,31,38,41,44,62H,7-8,19-24,26,28-30H2,1-6H3,(H,56,64)(H,58,63)/t38-,41+,44-/m1/s1. The molecule has 0 unspecified atom stereocenters. The first-order valence-electron chi connectivity index (χ1n) is 23.4. The van der Waals surface area contributed by atoms with Crippen LogP contribution in [0.1, 0.15) is 76.3 Å². The largest absolute Gasteiger partial charge is 0.494 e. The molecule has 0 spiro atoms. The molecule has 1 aromatic heterocycles. The molecule has 72 heavy (non-hydrogen) atoms. The van der Waals surface area contributed by atoms with E-state index in [1.807, 2.05) is 52.0 Å². The van der Waals surface area contributed by atoms with Crippen LogP contribution in [0.4, 0.5) is 24.5 Å². The molecule has 386 valence electrons. The second kappa shape index (κ2) is 24.1. The van der Waals surface area contributed by atoms with Gasteiger partial charge in [0.1, 0.15) is 30.0 Å².